The van der Waals surface area contributed by atoms with E-state index >= 15 is 0 Å². The molecule has 1 amide bonds. The number of rotatable bonds is 8. The molecule has 0 spiro atoms. The zero-order chi connectivity index (χ0) is 13.5. The van der Waals surface area contributed by atoms with E-state index in [9.17, 15) is 9.59 Å². The van der Waals surface area contributed by atoms with Crippen LogP contribution in [0.3, 0.4) is 0 Å². The number of carbonyl (C=O) groups excluding carboxylic acids is 1. The van der Waals surface area contributed by atoms with Gasteiger partial charge in [0.15, 0.2) is 0 Å². The van der Waals surface area contributed by atoms with Crippen molar-refractivity contribution >= 4 is 5.91 Å². The zero-order valence-corrected chi connectivity index (χ0v) is 11.1. The SMILES string of the molecule is O=C(CCCNCCn1ccccc1=O)NC1CC1. The van der Waals surface area contributed by atoms with Gasteiger partial charge in [-0.15, -0.1) is 0 Å². The van der Waals surface area contributed by atoms with Crippen LogP contribution in [0.5, 0.6) is 0 Å². The van der Waals surface area contributed by atoms with Crippen LogP contribution in [-0.2, 0) is 11.3 Å². The lowest BCUT2D eigenvalue weighted by molar-refractivity contribution is -0.121. The second kappa shape index (κ2) is 7.09. The Morgan fingerprint density at radius 2 is 2.16 bits per heavy atom. The van der Waals surface area contributed by atoms with Crippen LogP contribution < -0.4 is 16.2 Å². The van der Waals surface area contributed by atoms with Gasteiger partial charge in [0, 0.05) is 37.8 Å². The van der Waals surface area contributed by atoms with E-state index in [1.807, 2.05) is 6.07 Å². The van der Waals surface area contributed by atoms with Gasteiger partial charge in [0.25, 0.3) is 5.56 Å². The maximum atomic E-state index is 11.4. The van der Waals surface area contributed by atoms with Crippen molar-refractivity contribution in [1.82, 2.24) is 15.2 Å². The third-order valence-electron chi connectivity index (χ3n) is 3.13. The molecule has 5 heteroatoms. The molecular formula is C14H21N3O2. The number of carbonyl (C=O) groups is 1. The molecule has 1 aliphatic rings. The van der Waals surface area contributed by atoms with Gasteiger partial charge < -0.3 is 15.2 Å². The standard InChI is InChI=1S/C14H21N3O2/c18-13(16-12-6-7-12)4-3-8-15-9-11-17-10-2-1-5-14(17)19/h1-2,5,10,12,15H,3-4,6-9,11H2,(H,16,18). The van der Waals surface area contributed by atoms with Crippen molar-refractivity contribution in [2.24, 2.45) is 0 Å². The highest BCUT2D eigenvalue weighted by atomic mass is 16.1. The summed E-state index contributed by atoms with van der Waals surface area (Å²) in [4.78, 5) is 22.8. The first-order valence-corrected chi connectivity index (χ1v) is 6.91. The number of pyridine rings is 1. The summed E-state index contributed by atoms with van der Waals surface area (Å²) in [5, 5.41) is 6.21. The van der Waals surface area contributed by atoms with Crippen LogP contribution in [0.15, 0.2) is 29.2 Å². The molecule has 0 aliphatic heterocycles. The predicted molar refractivity (Wildman–Crippen MR) is 74.0 cm³/mol. The number of amides is 1. The molecule has 0 radical (unpaired) electrons. The third-order valence-corrected chi connectivity index (χ3v) is 3.13. The molecular weight excluding hydrogens is 242 g/mol. The van der Waals surface area contributed by atoms with Gasteiger partial charge in [-0.2, -0.15) is 0 Å². The molecule has 5 nitrogen and oxygen atoms in total. The van der Waals surface area contributed by atoms with Gasteiger partial charge in [-0.3, -0.25) is 9.59 Å². The molecule has 1 saturated carbocycles. The van der Waals surface area contributed by atoms with Crippen molar-refractivity contribution in [3.63, 3.8) is 0 Å². The quantitative estimate of drug-likeness (QED) is 0.671. The summed E-state index contributed by atoms with van der Waals surface area (Å²) in [7, 11) is 0. The van der Waals surface area contributed by atoms with Crippen LogP contribution in [0.4, 0.5) is 0 Å². The topological polar surface area (TPSA) is 63.1 Å². The van der Waals surface area contributed by atoms with E-state index in [2.05, 4.69) is 10.6 Å². The molecule has 0 saturated heterocycles. The minimum atomic E-state index is 0.0214. The average Bonchev–Trinajstić information content (AvgIpc) is 3.19. The largest absolute Gasteiger partial charge is 0.353 e. The second-order valence-electron chi connectivity index (χ2n) is 4.93. The van der Waals surface area contributed by atoms with Gasteiger partial charge >= 0.3 is 0 Å². The summed E-state index contributed by atoms with van der Waals surface area (Å²) >= 11 is 0. The highest BCUT2D eigenvalue weighted by Crippen LogP contribution is 2.18. The Morgan fingerprint density at radius 1 is 1.32 bits per heavy atom. The molecule has 2 N–H and O–H groups in total. The van der Waals surface area contributed by atoms with E-state index < -0.39 is 0 Å². The Kier molecular flexibility index (Phi) is 5.15. The average molecular weight is 263 g/mol. The van der Waals surface area contributed by atoms with Crippen molar-refractivity contribution in [2.45, 2.75) is 38.3 Å². The summed E-state index contributed by atoms with van der Waals surface area (Å²) < 4.78 is 1.67. The molecule has 0 unspecified atom stereocenters. The van der Waals surface area contributed by atoms with Crippen LogP contribution in [0.25, 0.3) is 0 Å². The fraction of sp³-hybridized carbons (Fsp3) is 0.571. The summed E-state index contributed by atoms with van der Waals surface area (Å²) in [5.41, 5.74) is 0.0214. The normalized spacial score (nSPS) is 14.3. The van der Waals surface area contributed by atoms with E-state index in [-0.39, 0.29) is 11.5 Å². The number of nitrogens with zero attached hydrogens (tertiary/aromatic N) is 1. The van der Waals surface area contributed by atoms with Crippen LogP contribution in [0.2, 0.25) is 0 Å². The highest BCUT2D eigenvalue weighted by molar-refractivity contribution is 5.76. The molecule has 1 aromatic heterocycles. The van der Waals surface area contributed by atoms with E-state index in [0.717, 1.165) is 32.4 Å². The molecule has 0 aromatic carbocycles. The van der Waals surface area contributed by atoms with E-state index in [0.29, 0.717) is 19.0 Å². The monoisotopic (exact) mass is 263 g/mol. The van der Waals surface area contributed by atoms with Crippen LogP contribution >= 0.6 is 0 Å². The van der Waals surface area contributed by atoms with Crippen molar-refractivity contribution in [3.05, 3.63) is 34.7 Å². The maximum Gasteiger partial charge on any atom is 0.250 e. The Balaban J connectivity index is 1.51. The summed E-state index contributed by atoms with van der Waals surface area (Å²) in [6, 6.07) is 5.60. The Hall–Kier alpha value is -1.62. The first kappa shape index (κ1) is 13.8. The fourth-order valence-electron chi connectivity index (χ4n) is 1.87. The molecule has 0 atom stereocenters. The van der Waals surface area contributed by atoms with Crippen LogP contribution in [0.1, 0.15) is 25.7 Å². The van der Waals surface area contributed by atoms with Gasteiger partial charge in [-0.25, -0.2) is 0 Å². The third kappa shape index (κ3) is 5.26. The number of hydrogen-bond donors (Lipinski definition) is 2. The molecule has 1 aromatic rings. The van der Waals surface area contributed by atoms with Crippen molar-refractivity contribution < 1.29 is 4.79 Å². The summed E-state index contributed by atoms with van der Waals surface area (Å²) in [5.74, 6) is 0.156. The first-order valence-electron chi connectivity index (χ1n) is 6.91. The first-order chi connectivity index (χ1) is 9.25. The van der Waals surface area contributed by atoms with Gasteiger partial charge in [-0.05, 0) is 31.9 Å². The Labute approximate surface area is 113 Å². The smallest absolute Gasteiger partial charge is 0.250 e. The minimum Gasteiger partial charge on any atom is -0.353 e. The van der Waals surface area contributed by atoms with Gasteiger partial charge in [0.2, 0.25) is 5.91 Å². The summed E-state index contributed by atoms with van der Waals surface area (Å²) in [6.07, 6.45) is 5.47. The molecule has 2 rings (SSSR count). The lowest BCUT2D eigenvalue weighted by atomic mass is 10.3. The highest BCUT2D eigenvalue weighted by Gasteiger charge is 2.22. The summed E-state index contributed by atoms with van der Waals surface area (Å²) in [6.45, 7) is 2.21. The van der Waals surface area contributed by atoms with E-state index in [1.54, 1.807) is 22.9 Å². The molecule has 1 heterocycles. The maximum absolute atomic E-state index is 11.4. The fourth-order valence-corrected chi connectivity index (χ4v) is 1.87. The second-order valence-corrected chi connectivity index (χ2v) is 4.93. The van der Waals surface area contributed by atoms with E-state index in [1.165, 1.54) is 0 Å². The van der Waals surface area contributed by atoms with Crippen LogP contribution in [-0.4, -0.2) is 29.6 Å². The molecule has 0 bridgehead atoms. The predicted octanol–water partition coefficient (Wildman–Crippen LogP) is 0.497. The Morgan fingerprint density at radius 3 is 2.89 bits per heavy atom. The molecule has 104 valence electrons. The molecule has 19 heavy (non-hydrogen) atoms. The van der Waals surface area contributed by atoms with Crippen molar-refractivity contribution in [1.29, 1.82) is 0 Å². The lowest BCUT2D eigenvalue weighted by Crippen LogP contribution is -2.28. The Bertz CT molecular complexity index is 466. The number of aromatic nitrogens is 1. The molecule has 1 aliphatic carbocycles. The molecule has 1 fully saturated rings. The van der Waals surface area contributed by atoms with E-state index in [4.69, 9.17) is 0 Å². The number of hydrogen-bond acceptors (Lipinski definition) is 3. The van der Waals surface area contributed by atoms with Gasteiger partial charge in [0.1, 0.15) is 0 Å². The van der Waals surface area contributed by atoms with Crippen molar-refractivity contribution in [3.8, 4) is 0 Å². The number of nitrogens with one attached hydrogen (secondary N) is 2. The van der Waals surface area contributed by atoms with Gasteiger partial charge in [0.05, 0.1) is 0 Å². The van der Waals surface area contributed by atoms with Crippen LogP contribution in [0, 0.1) is 0 Å². The minimum absolute atomic E-state index is 0.0214. The van der Waals surface area contributed by atoms with Gasteiger partial charge in [-0.1, -0.05) is 6.07 Å². The lowest BCUT2D eigenvalue weighted by Gasteiger charge is -2.07. The zero-order valence-electron chi connectivity index (χ0n) is 11.1. The van der Waals surface area contributed by atoms with Crippen molar-refractivity contribution in [2.75, 3.05) is 13.1 Å².